The van der Waals surface area contributed by atoms with Gasteiger partial charge in [0.15, 0.2) is 10.8 Å². The van der Waals surface area contributed by atoms with E-state index in [1.54, 1.807) is 16.7 Å². The first-order valence-electron chi connectivity index (χ1n) is 8.57. The largest absolute Gasteiger partial charge is 0.326 e. The summed E-state index contributed by atoms with van der Waals surface area (Å²) in [6, 6.07) is 10.8. The Morgan fingerprint density at radius 3 is 3.00 bits per heavy atom. The normalized spacial score (nSPS) is 17.0. The van der Waals surface area contributed by atoms with Crippen molar-refractivity contribution in [2.75, 3.05) is 12.8 Å². The molecule has 1 aromatic carbocycles. The maximum absolute atomic E-state index is 5.41. The summed E-state index contributed by atoms with van der Waals surface area (Å²) in [6.07, 6.45) is 3.09. The molecule has 0 amide bonds. The number of rotatable bonds is 3. The van der Waals surface area contributed by atoms with Crippen LogP contribution in [-0.2, 0) is 19.5 Å². The van der Waals surface area contributed by atoms with Gasteiger partial charge in [0.1, 0.15) is 17.9 Å². The molecule has 1 aliphatic heterocycles. The zero-order valence-corrected chi connectivity index (χ0v) is 16.7. The van der Waals surface area contributed by atoms with Crippen molar-refractivity contribution in [1.82, 2.24) is 19.6 Å². The molecule has 0 spiro atoms. The highest BCUT2D eigenvalue weighted by atomic mass is 32.2. The SMILES string of the molecule is CSc1nc2sc3c(c2c2n[nH]c(=S)n12)CC[NH+](Cc1ccccc1)C3. The minimum atomic E-state index is 0.617. The summed E-state index contributed by atoms with van der Waals surface area (Å²) < 4.78 is 2.59. The van der Waals surface area contributed by atoms with Crippen molar-refractivity contribution in [2.24, 2.45) is 0 Å². The van der Waals surface area contributed by atoms with Crippen molar-refractivity contribution in [3.05, 3.63) is 51.1 Å². The second kappa shape index (κ2) is 6.45. The van der Waals surface area contributed by atoms with E-state index in [1.165, 1.54) is 21.4 Å². The molecule has 4 aromatic rings. The summed E-state index contributed by atoms with van der Waals surface area (Å²) in [4.78, 5) is 9.01. The lowest BCUT2D eigenvalue weighted by molar-refractivity contribution is -0.929. The van der Waals surface area contributed by atoms with Gasteiger partial charge < -0.3 is 4.90 Å². The molecule has 26 heavy (non-hydrogen) atoms. The van der Waals surface area contributed by atoms with Crippen molar-refractivity contribution >= 4 is 51.2 Å². The van der Waals surface area contributed by atoms with E-state index >= 15 is 0 Å². The van der Waals surface area contributed by atoms with E-state index in [0.29, 0.717) is 4.77 Å². The van der Waals surface area contributed by atoms with Gasteiger partial charge in [0.25, 0.3) is 0 Å². The highest BCUT2D eigenvalue weighted by Crippen LogP contribution is 2.35. The first-order valence-corrected chi connectivity index (χ1v) is 11.0. The molecule has 0 aliphatic carbocycles. The number of aromatic nitrogens is 4. The number of fused-ring (bicyclic) bond motifs is 5. The van der Waals surface area contributed by atoms with E-state index in [0.717, 1.165) is 41.7 Å². The minimum Gasteiger partial charge on any atom is -0.326 e. The van der Waals surface area contributed by atoms with Gasteiger partial charge in [-0.15, -0.1) is 11.3 Å². The third-order valence-corrected chi connectivity index (χ3v) is 7.01. The molecule has 0 fully saturated rings. The summed E-state index contributed by atoms with van der Waals surface area (Å²) in [5, 5.41) is 9.55. The average molecular weight is 401 g/mol. The minimum absolute atomic E-state index is 0.617. The Morgan fingerprint density at radius 1 is 1.35 bits per heavy atom. The van der Waals surface area contributed by atoms with Crippen LogP contribution in [-0.4, -0.2) is 32.4 Å². The Bertz CT molecular complexity index is 1160. The number of nitrogens with zero attached hydrogens (tertiary/aromatic N) is 3. The molecule has 3 aromatic heterocycles. The number of thioether (sulfide) groups is 1. The number of nitrogens with one attached hydrogen (secondary N) is 2. The van der Waals surface area contributed by atoms with Gasteiger partial charge in [0.05, 0.1) is 16.8 Å². The summed E-state index contributed by atoms with van der Waals surface area (Å²) >= 11 is 8.84. The molecule has 8 heteroatoms. The van der Waals surface area contributed by atoms with Crippen molar-refractivity contribution in [1.29, 1.82) is 0 Å². The standard InChI is InChI=1S/C18H17N5S3/c1-25-18-19-16-14(15-20-21-17(24)23(15)18)12-7-8-22(10-13(12)26-16)9-11-5-3-2-4-6-11/h2-6H,7-10H2,1H3,(H,21,24)/p+1. The molecule has 0 bridgehead atoms. The fourth-order valence-corrected chi connectivity index (χ4v) is 5.95. The lowest BCUT2D eigenvalue weighted by atomic mass is 10.0. The van der Waals surface area contributed by atoms with Crippen LogP contribution in [0.25, 0.3) is 15.9 Å². The molecule has 5 nitrogen and oxygen atoms in total. The number of hydrogen-bond acceptors (Lipinski definition) is 5. The molecule has 2 N–H and O–H groups in total. The first kappa shape index (κ1) is 16.4. The maximum atomic E-state index is 5.41. The predicted molar refractivity (Wildman–Crippen MR) is 109 cm³/mol. The topological polar surface area (TPSA) is 50.4 Å². The Kier molecular flexibility index (Phi) is 4.08. The Morgan fingerprint density at radius 2 is 2.19 bits per heavy atom. The van der Waals surface area contributed by atoms with Crippen molar-refractivity contribution < 1.29 is 4.90 Å². The monoisotopic (exact) mass is 400 g/mol. The Hall–Kier alpha value is -1.74. The number of thiophene rings is 1. The van der Waals surface area contributed by atoms with Crippen LogP contribution < -0.4 is 4.90 Å². The van der Waals surface area contributed by atoms with E-state index in [2.05, 4.69) is 40.5 Å². The van der Waals surface area contributed by atoms with Crippen LogP contribution >= 0.6 is 35.3 Å². The molecule has 0 saturated heterocycles. The van der Waals surface area contributed by atoms with E-state index in [-0.39, 0.29) is 0 Å². The van der Waals surface area contributed by atoms with Crippen molar-refractivity contribution in [3.63, 3.8) is 0 Å². The first-order chi connectivity index (χ1) is 12.7. The highest BCUT2D eigenvalue weighted by molar-refractivity contribution is 7.98. The van der Waals surface area contributed by atoms with Gasteiger partial charge in [-0.05, 0) is 24.0 Å². The second-order valence-electron chi connectivity index (χ2n) is 6.56. The number of benzene rings is 1. The van der Waals surface area contributed by atoms with Crippen LogP contribution in [0, 0.1) is 4.77 Å². The van der Waals surface area contributed by atoms with Crippen LogP contribution in [0.5, 0.6) is 0 Å². The molecule has 132 valence electrons. The molecule has 0 saturated carbocycles. The third-order valence-electron chi connectivity index (χ3n) is 4.98. The summed E-state index contributed by atoms with van der Waals surface area (Å²) in [5.74, 6) is 0. The van der Waals surface area contributed by atoms with Crippen molar-refractivity contribution in [3.8, 4) is 0 Å². The highest BCUT2D eigenvalue weighted by Gasteiger charge is 2.27. The third kappa shape index (κ3) is 2.60. The van der Waals surface area contributed by atoms with E-state index in [4.69, 9.17) is 17.2 Å². The molecule has 5 rings (SSSR count). The van der Waals surface area contributed by atoms with Gasteiger partial charge in [-0.25, -0.2) is 9.38 Å². The zero-order valence-electron chi connectivity index (χ0n) is 14.3. The number of aromatic amines is 1. The van der Waals surface area contributed by atoms with Gasteiger partial charge in [0.2, 0.25) is 4.77 Å². The van der Waals surface area contributed by atoms with E-state index in [1.807, 2.05) is 22.0 Å². The molecule has 0 radical (unpaired) electrons. The van der Waals surface area contributed by atoms with E-state index in [9.17, 15) is 0 Å². The van der Waals surface area contributed by atoms with Gasteiger partial charge in [0, 0.05) is 12.0 Å². The number of quaternary nitrogens is 1. The van der Waals surface area contributed by atoms with Crippen molar-refractivity contribution in [2.45, 2.75) is 24.7 Å². The predicted octanol–water partition coefficient (Wildman–Crippen LogP) is 2.86. The summed E-state index contributed by atoms with van der Waals surface area (Å²) in [5.41, 5.74) is 3.74. The Balaban J connectivity index is 1.58. The Labute approximate surface area is 164 Å². The van der Waals surface area contributed by atoms with Crippen LogP contribution in [0.15, 0.2) is 35.5 Å². The smallest absolute Gasteiger partial charge is 0.201 e. The molecular weight excluding hydrogens is 382 g/mol. The average Bonchev–Trinajstić information content (AvgIpc) is 3.22. The van der Waals surface area contributed by atoms with Crippen LogP contribution in [0.1, 0.15) is 16.0 Å². The fraction of sp³-hybridized carbons (Fsp3) is 0.278. The van der Waals surface area contributed by atoms with Crippen LogP contribution in [0.3, 0.4) is 0 Å². The molecule has 1 atom stereocenters. The summed E-state index contributed by atoms with van der Waals surface area (Å²) in [7, 11) is 0. The van der Waals surface area contributed by atoms with Crippen LogP contribution in [0.2, 0.25) is 0 Å². The zero-order chi connectivity index (χ0) is 17.7. The van der Waals surface area contributed by atoms with Crippen LogP contribution in [0.4, 0.5) is 0 Å². The fourth-order valence-electron chi connectivity index (χ4n) is 3.78. The van der Waals surface area contributed by atoms with Gasteiger partial charge in [-0.1, -0.05) is 42.1 Å². The molecule has 1 aliphatic rings. The number of hydrogen-bond donors (Lipinski definition) is 2. The maximum Gasteiger partial charge on any atom is 0.201 e. The lowest BCUT2D eigenvalue weighted by Gasteiger charge is -2.24. The van der Waals surface area contributed by atoms with Gasteiger partial charge in [-0.2, -0.15) is 5.10 Å². The lowest BCUT2D eigenvalue weighted by Crippen LogP contribution is -3.10. The van der Waals surface area contributed by atoms with Gasteiger partial charge in [-0.3, -0.25) is 5.10 Å². The summed E-state index contributed by atoms with van der Waals surface area (Å²) in [6.45, 7) is 3.26. The second-order valence-corrected chi connectivity index (χ2v) is 8.80. The quantitative estimate of drug-likeness (QED) is 0.315. The van der Waals surface area contributed by atoms with Gasteiger partial charge >= 0.3 is 0 Å². The van der Waals surface area contributed by atoms with E-state index < -0.39 is 0 Å². The molecule has 4 heterocycles. The number of H-pyrrole nitrogens is 1. The molecule has 1 unspecified atom stereocenters. The molecular formula is C18H18N5S3+.